The summed E-state index contributed by atoms with van der Waals surface area (Å²) in [7, 11) is 0. The second-order valence-corrected chi connectivity index (χ2v) is 5.45. The van der Waals surface area contributed by atoms with Gasteiger partial charge in [-0.05, 0) is 22.6 Å². The third-order valence-electron chi connectivity index (χ3n) is 1.75. The predicted molar refractivity (Wildman–Crippen MR) is 57.9 cm³/mol. The van der Waals surface area contributed by atoms with Crippen LogP contribution in [0.15, 0.2) is 6.20 Å². The zero-order chi connectivity index (χ0) is 8.39. The Morgan fingerprint density at radius 1 is 1.50 bits per heavy atom. The molecule has 0 radical (unpaired) electrons. The van der Waals surface area contributed by atoms with Gasteiger partial charge in [0.2, 0.25) is 0 Å². The second-order valence-electron chi connectivity index (χ2n) is 2.55. The molecule has 1 saturated heterocycles. The number of thiazole rings is 1. The van der Waals surface area contributed by atoms with Crippen molar-refractivity contribution in [2.24, 2.45) is 0 Å². The number of halogens is 1. The van der Waals surface area contributed by atoms with Crippen LogP contribution in [0.25, 0.3) is 0 Å². The van der Waals surface area contributed by atoms with Crippen LogP contribution in [-0.2, 0) is 4.74 Å². The number of ether oxygens (including phenoxy) is 1. The van der Waals surface area contributed by atoms with E-state index in [1.165, 1.54) is 2.88 Å². The summed E-state index contributed by atoms with van der Waals surface area (Å²) in [6, 6.07) is 0. The van der Waals surface area contributed by atoms with E-state index >= 15 is 0 Å². The maximum Gasteiger partial charge on any atom is 0.186 e. The van der Waals surface area contributed by atoms with Crippen LogP contribution in [0, 0.1) is 2.88 Å². The van der Waals surface area contributed by atoms with E-state index in [2.05, 4.69) is 32.5 Å². The summed E-state index contributed by atoms with van der Waals surface area (Å²) in [6.45, 7) is 3.61. The third-order valence-corrected chi connectivity index (χ3v) is 3.53. The molecule has 0 amide bonds. The van der Waals surface area contributed by atoms with Gasteiger partial charge >= 0.3 is 0 Å². The zero-order valence-electron chi connectivity index (χ0n) is 6.49. The van der Waals surface area contributed by atoms with Gasteiger partial charge in [0.25, 0.3) is 0 Å². The van der Waals surface area contributed by atoms with E-state index in [4.69, 9.17) is 4.74 Å². The van der Waals surface area contributed by atoms with Gasteiger partial charge in [0.1, 0.15) is 0 Å². The quantitative estimate of drug-likeness (QED) is 0.736. The van der Waals surface area contributed by atoms with Crippen molar-refractivity contribution in [1.29, 1.82) is 0 Å². The van der Waals surface area contributed by atoms with E-state index in [-0.39, 0.29) is 0 Å². The fourth-order valence-corrected chi connectivity index (χ4v) is 2.57. The molecule has 1 aliphatic rings. The second kappa shape index (κ2) is 3.89. The van der Waals surface area contributed by atoms with E-state index < -0.39 is 0 Å². The van der Waals surface area contributed by atoms with Crippen LogP contribution >= 0.6 is 33.9 Å². The maximum atomic E-state index is 5.26. The molecule has 0 bridgehead atoms. The lowest BCUT2D eigenvalue weighted by Crippen LogP contribution is -2.36. The first kappa shape index (κ1) is 8.71. The molecule has 5 heteroatoms. The van der Waals surface area contributed by atoms with E-state index in [9.17, 15) is 0 Å². The first-order valence-electron chi connectivity index (χ1n) is 3.80. The van der Waals surface area contributed by atoms with Crippen molar-refractivity contribution in [2.45, 2.75) is 0 Å². The summed E-state index contributed by atoms with van der Waals surface area (Å²) < 4.78 is 6.51. The van der Waals surface area contributed by atoms with Gasteiger partial charge in [-0.3, -0.25) is 0 Å². The number of nitrogens with zero attached hydrogens (tertiary/aromatic N) is 2. The molecule has 0 N–H and O–H groups in total. The smallest absolute Gasteiger partial charge is 0.186 e. The summed E-state index contributed by atoms with van der Waals surface area (Å²) in [5, 5.41) is 1.13. The Morgan fingerprint density at radius 2 is 2.25 bits per heavy atom. The molecule has 1 fully saturated rings. The van der Waals surface area contributed by atoms with Crippen molar-refractivity contribution in [1.82, 2.24) is 4.98 Å². The molecule has 1 aromatic rings. The highest BCUT2D eigenvalue weighted by atomic mass is 127. The molecule has 0 saturated carbocycles. The molecular weight excluding hydrogens is 287 g/mol. The van der Waals surface area contributed by atoms with Crippen LogP contribution in [0.3, 0.4) is 0 Å². The van der Waals surface area contributed by atoms with Gasteiger partial charge in [-0.15, -0.1) is 0 Å². The minimum absolute atomic E-state index is 0.830. The van der Waals surface area contributed by atoms with Crippen LogP contribution in [-0.4, -0.2) is 31.3 Å². The average Bonchev–Trinajstić information content (AvgIpc) is 2.54. The van der Waals surface area contributed by atoms with Crippen molar-refractivity contribution < 1.29 is 4.74 Å². The van der Waals surface area contributed by atoms with Crippen LogP contribution in [0.4, 0.5) is 5.13 Å². The number of aromatic nitrogens is 1. The lowest BCUT2D eigenvalue weighted by Gasteiger charge is -2.25. The molecule has 66 valence electrons. The number of rotatable bonds is 1. The lowest BCUT2D eigenvalue weighted by molar-refractivity contribution is 0.122. The van der Waals surface area contributed by atoms with Crippen molar-refractivity contribution in [3.8, 4) is 0 Å². The Bertz CT molecular complexity index is 260. The molecule has 2 rings (SSSR count). The van der Waals surface area contributed by atoms with Gasteiger partial charge in [0, 0.05) is 13.1 Å². The summed E-state index contributed by atoms with van der Waals surface area (Å²) >= 11 is 4.04. The largest absolute Gasteiger partial charge is 0.378 e. The number of anilines is 1. The summed E-state index contributed by atoms with van der Waals surface area (Å²) in [6.07, 6.45) is 1.91. The molecule has 1 aliphatic heterocycles. The fraction of sp³-hybridized carbons (Fsp3) is 0.571. The summed E-state index contributed by atoms with van der Waals surface area (Å²) in [5.74, 6) is 0. The van der Waals surface area contributed by atoms with Gasteiger partial charge in [0.15, 0.2) is 5.13 Å². The Hall–Kier alpha value is 0.120. The normalized spacial score (nSPS) is 18.2. The van der Waals surface area contributed by atoms with E-state index in [0.717, 1.165) is 31.4 Å². The van der Waals surface area contributed by atoms with Crippen LogP contribution in [0.2, 0.25) is 0 Å². The minimum atomic E-state index is 0.830. The van der Waals surface area contributed by atoms with Crippen LogP contribution in [0.5, 0.6) is 0 Å². The molecule has 0 aromatic carbocycles. The summed E-state index contributed by atoms with van der Waals surface area (Å²) in [5.41, 5.74) is 0. The third kappa shape index (κ3) is 1.89. The first-order valence-corrected chi connectivity index (χ1v) is 5.70. The highest BCUT2D eigenvalue weighted by molar-refractivity contribution is 14.1. The van der Waals surface area contributed by atoms with Crippen LogP contribution in [0.1, 0.15) is 0 Å². The molecule has 1 aromatic heterocycles. The number of hydrogen-bond donors (Lipinski definition) is 0. The zero-order valence-corrected chi connectivity index (χ0v) is 9.47. The minimum Gasteiger partial charge on any atom is -0.378 e. The van der Waals surface area contributed by atoms with Crippen molar-refractivity contribution in [3.05, 3.63) is 9.08 Å². The molecule has 0 aliphatic carbocycles. The molecule has 0 unspecified atom stereocenters. The van der Waals surface area contributed by atoms with Gasteiger partial charge in [-0.2, -0.15) is 0 Å². The van der Waals surface area contributed by atoms with Gasteiger partial charge in [-0.25, -0.2) is 4.98 Å². The Balaban J connectivity index is 2.08. The van der Waals surface area contributed by atoms with E-state index in [1.807, 2.05) is 6.20 Å². The van der Waals surface area contributed by atoms with E-state index in [0.29, 0.717) is 0 Å². The van der Waals surface area contributed by atoms with Gasteiger partial charge in [0.05, 0.1) is 22.3 Å². The fourth-order valence-electron chi connectivity index (χ4n) is 1.15. The molecule has 3 nitrogen and oxygen atoms in total. The number of hydrogen-bond acceptors (Lipinski definition) is 4. The Labute approximate surface area is 88.9 Å². The molecule has 2 heterocycles. The Morgan fingerprint density at radius 3 is 2.83 bits per heavy atom. The van der Waals surface area contributed by atoms with Crippen molar-refractivity contribution in [2.75, 3.05) is 31.2 Å². The topological polar surface area (TPSA) is 25.4 Å². The molecule has 0 spiro atoms. The predicted octanol–water partition coefficient (Wildman–Crippen LogP) is 1.58. The molecular formula is C7H9IN2OS. The SMILES string of the molecule is Ic1cnc(N2CCOCC2)s1. The van der Waals surface area contributed by atoms with Gasteiger partial charge in [-0.1, -0.05) is 11.3 Å². The maximum absolute atomic E-state index is 5.26. The molecule has 12 heavy (non-hydrogen) atoms. The highest BCUT2D eigenvalue weighted by Gasteiger charge is 2.13. The lowest BCUT2D eigenvalue weighted by atomic mass is 10.5. The molecule has 0 atom stereocenters. The highest BCUT2D eigenvalue weighted by Crippen LogP contribution is 2.23. The van der Waals surface area contributed by atoms with Crippen molar-refractivity contribution in [3.63, 3.8) is 0 Å². The van der Waals surface area contributed by atoms with Gasteiger partial charge < -0.3 is 9.64 Å². The monoisotopic (exact) mass is 296 g/mol. The summed E-state index contributed by atoms with van der Waals surface area (Å²) in [4.78, 5) is 6.59. The average molecular weight is 296 g/mol. The standard InChI is InChI=1S/C7H9IN2OS/c8-6-5-9-7(12-6)10-1-3-11-4-2-10/h5H,1-4H2. The Kier molecular flexibility index (Phi) is 2.82. The first-order chi connectivity index (χ1) is 5.86. The van der Waals surface area contributed by atoms with Crippen molar-refractivity contribution >= 4 is 39.1 Å². The van der Waals surface area contributed by atoms with E-state index in [1.54, 1.807) is 11.3 Å². The van der Waals surface area contributed by atoms with Crippen LogP contribution < -0.4 is 4.90 Å². The number of morpholine rings is 1.